The highest BCUT2D eigenvalue weighted by Crippen LogP contribution is 2.22. The molecule has 0 saturated heterocycles. The number of hydrogen-bond donors (Lipinski definition) is 2. The molecule has 0 fully saturated rings. The molecule has 0 spiro atoms. The van der Waals surface area contributed by atoms with Crippen LogP contribution in [0.3, 0.4) is 0 Å². The van der Waals surface area contributed by atoms with E-state index in [2.05, 4.69) is 35.4 Å². The van der Waals surface area contributed by atoms with E-state index in [0.717, 1.165) is 17.5 Å². The summed E-state index contributed by atoms with van der Waals surface area (Å²) in [6, 6.07) is 0. The van der Waals surface area contributed by atoms with E-state index in [4.69, 9.17) is 5.73 Å². The molecule has 15 heavy (non-hydrogen) atoms. The highest BCUT2D eigenvalue weighted by atomic mass is 32.1. The molecule has 0 aliphatic carbocycles. The molecule has 1 heterocycles. The van der Waals surface area contributed by atoms with Gasteiger partial charge < -0.3 is 11.1 Å². The minimum atomic E-state index is 0.0174. The molecule has 1 aromatic rings. The zero-order chi connectivity index (χ0) is 11.3. The van der Waals surface area contributed by atoms with Gasteiger partial charge >= 0.3 is 0 Å². The van der Waals surface area contributed by atoms with Gasteiger partial charge in [-0.25, -0.2) is 4.98 Å². The first kappa shape index (κ1) is 12.1. The topological polar surface area (TPSA) is 63.8 Å². The van der Waals surface area contributed by atoms with E-state index in [1.54, 1.807) is 0 Å². The second kappa shape index (κ2) is 5.23. The second-order valence-corrected chi connectivity index (χ2v) is 5.01. The summed E-state index contributed by atoms with van der Waals surface area (Å²) >= 11 is 1.40. The Balaban J connectivity index is 2.50. The standard InChI is InChI=1S/C10H18N4S/c1-10(2,3)8-13-9(15-14-8)12-7-5-4-6-11/h4-5H,6-7,11H2,1-3H3,(H,12,13,14)/b5-4+. The second-order valence-electron chi connectivity index (χ2n) is 4.26. The molecule has 1 rings (SSSR count). The molecule has 0 aliphatic heterocycles. The lowest BCUT2D eigenvalue weighted by atomic mass is 9.96. The van der Waals surface area contributed by atoms with Crippen LogP contribution in [-0.2, 0) is 5.41 Å². The van der Waals surface area contributed by atoms with Crippen LogP contribution in [0.2, 0.25) is 0 Å². The third kappa shape index (κ3) is 3.97. The zero-order valence-electron chi connectivity index (χ0n) is 9.45. The fourth-order valence-electron chi connectivity index (χ4n) is 0.926. The van der Waals surface area contributed by atoms with Gasteiger partial charge in [-0.1, -0.05) is 32.9 Å². The highest BCUT2D eigenvalue weighted by Gasteiger charge is 2.19. The Kier molecular flexibility index (Phi) is 4.23. The Hall–Kier alpha value is -0.940. The Morgan fingerprint density at radius 2 is 2.13 bits per heavy atom. The van der Waals surface area contributed by atoms with E-state index >= 15 is 0 Å². The number of nitrogens with one attached hydrogen (secondary N) is 1. The van der Waals surface area contributed by atoms with Gasteiger partial charge in [0, 0.05) is 30.0 Å². The number of aromatic nitrogens is 2. The van der Waals surface area contributed by atoms with Gasteiger partial charge in [-0.05, 0) is 0 Å². The first-order chi connectivity index (χ1) is 7.04. The first-order valence-corrected chi connectivity index (χ1v) is 5.74. The van der Waals surface area contributed by atoms with Crippen molar-refractivity contribution in [3.05, 3.63) is 18.0 Å². The molecule has 0 unspecified atom stereocenters. The number of nitrogens with two attached hydrogens (primary N) is 1. The molecule has 0 radical (unpaired) electrons. The maximum absolute atomic E-state index is 5.33. The average Bonchev–Trinajstić information content (AvgIpc) is 2.60. The monoisotopic (exact) mass is 226 g/mol. The number of hydrogen-bond acceptors (Lipinski definition) is 5. The van der Waals surface area contributed by atoms with E-state index in [1.807, 2.05) is 12.2 Å². The lowest BCUT2D eigenvalue weighted by Gasteiger charge is -2.12. The Morgan fingerprint density at radius 3 is 2.67 bits per heavy atom. The van der Waals surface area contributed by atoms with Crippen LogP contribution in [0.5, 0.6) is 0 Å². The smallest absolute Gasteiger partial charge is 0.202 e. The molecule has 5 heteroatoms. The predicted molar refractivity (Wildman–Crippen MR) is 65.3 cm³/mol. The number of anilines is 1. The lowest BCUT2D eigenvalue weighted by molar-refractivity contribution is 0.555. The largest absolute Gasteiger partial charge is 0.357 e. The maximum Gasteiger partial charge on any atom is 0.202 e. The molecule has 0 aliphatic rings. The molecule has 0 atom stereocenters. The van der Waals surface area contributed by atoms with Gasteiger partial charge in [-0.15, -0.1) is 0 Å². The van der Waals surface area contributed by atoms with Gasteiger partial charge in [0.1, 0.15) is 5.82 Å². The van der Waals surface area contributed by atoms with Crippen molar-refractivity contribution in [2.75, 3.05) is 18.4 Å². The van der Waals surface area contributed by atoms with Gasteiger partial charge in [0.15, 0.2) is 0 Å². The molecule has 3 N–H and O–H groups in total. The Morgan fingerprint density at radius 1 is 1.40 bits per heavy atom. The van der Waals surface area contributed by atoms with Crippen molar-refractivity contribution < 1.29 is 0 Å². The van der Waals surface area contributed by atoms with Crippen molar-refractivity contribution in [3.63, 3.8) is 0 Å². The maximum atomic E-state index is 5.33. The van der Waals surface area contributed by atoms with Crippen LogP contribution in [0.1, 0.15) is 26.6 Å². The Labute approximate surface area is 94.8 Å². The van der Waals surface area contributed by atoms with Gasteiger partial charge in [0.2, 0.25) is 5.13 Å². The molecule has 4 nitrogen and oxygen atoms in total. The number of rotatable bonds is 4. The van der Waals surface area contributed by atoms with Crippen LogP contribution < -0.4 is 11.1 Å². The van der Waals surface area contributed by atoms with Crippen LogP contribution in [-0.4, -0.2) is 22.4 Å². The molecular formula is C10H18N4S. The molecule has 0 aromatic carbocycles. The Bertz CT molecular complexity index is 324. The third-order valence-electron chi connectivity index (χ3n) is 1.77. The zero-order valence-corrected chi connectivity index (χ0v) is 10.3. The molecule has 0 bridgehead atoms. The molecule has 0 saturated carbocycles. The molecule has 1 aromatic heterocycles. The van der Waals surface area contributed by atoms with E-state index in [0.29, 0.717) is 6.54 Å². The normalized spacial score (nSPS) is 12.3. The lowest BCUT2D eigenvalue weighted by Crippen LogP contribution is -2.13. The van der Waals surface area contributed by atoms with Crippen molar-refractivity contribution in [1.82, 2.24) is 9.36 Å². The summed E-state index contributed by atoms with van der Waals surface area (Å²) in [4.78, 5) is 4.41. The summed E-state index contributed by atoms with van der Waals surface area (Å²) < 4.78 is 4.31. The fourth-order valence-corrected chi connectivity index (χ4v) is 1.69. The van der Waals surface area contributed by atoms with Crippen molar-refractivity contribution in [2.24, 2.45) is 5.73 Å². The van der Waals surface area contributed by atoms with Crippen molar-refractivity contribution in [1.29, 1.82) is 0 Å². The highest BCUT2D eigenvalue weighted by molar-refractivity contribution is 7.09. The van der Waals surface area contributed by atoms with Crippen LogP contribution in [0.15, 0.2) is 12.2 Å². The fraction of sp³-hybridized carbons (Fsp3) is 0.600. The predicted octanol–water partition coefficient (Wildman–Crippen LogP) is 1.76. The summed E-state index contributed by atoms with van der Waals surface area (Å²) in [6.45, 7) is 7.63. The van der Waals surface area contributed by atoms with Crippen molar-refractivity contribution >= 4 is 16.7 Å². The molecule has 0 amide bonds. The summed E-state index contributed by atoms with van der Waals surface area (Å²) in [5.74, 6) is 0.887. The van der Waals surface area contributed by atoms with Gasteiger partial charge in [0.25, 0.3) is 0 Å². The van der Waals surface area contributed by atoms with Gasteiger partial charge in [-0.3, -0.25) is 0 Å². The van der Waals surface area contributed by atoms with Crippen LogP contribution >= 0.6 is 11.5 Å². The van der Waals surface area contributed by atoms with Crippen molar-refractivity contribution in [2.45, 2.75) is 26.2 Å². The van der Waals surface area contributed by atoms with E-state index in [1.165, 1.54) is 11.5 Å². The van der Waals surface area contributed by atoms with E-state index in [-0.39, 0.29) is 5.41 Å². The van der Waals surface area contributed by atoms with Gasteiger partial charge in [-0.2, -0.15) is 4.37 Å². The van der Waals surface area contributed by atoms with E-state index in [9.17, 15) is 0 Å². The SMILES string of the molecule is CC(C)(C)c1nsc(NC/C=C/CN)n1. The minimum Gasteiger partial charge on any atom is -0.357 e. The van der Waals surface area contributed by atoms with Crippen molar-refractivity contribution in [3.8, 4) is 0 Å². The summed E-state index contributed by atoms with van der Waals surface area (Å²) in [5, 5.41) is 4.04. The summed E-state index contributed by atoms with van der Waals surface area (Å²) in [5.41, 5.74) is 5.35. The first-order valence-electron chi connectivity index (χ1n) is 4.97. The summed E-state index contributed by atoms with van der Waals surface area (Å²) in [7, 11) is 0. The molecule has 84 valence electrons. The van der Waals surface area contributed by atoms with Crippen LogP contribution in [0, 0.1) is 0 Å². The number of nitrogens with zero attached hydrogens (tertiary/aromatic N) is 2. The quantitative estimate of drug-likeness (QED) is 0.768. The summed E-state index contributed by atoms with van der Waals surface area (Å²) in [6.07, 6.45) is 3.90. The average molecular weight is 226 g/mol. The van der Waals surface area contributed by atoms with Gasteiger partial charge in [0.05, 0.1) is 0 Å². The van der Waals surface area contributed by atoms with E-state index < -0.39 is 0 Å². The third-order valence-corrected chi connectivity index (χ3v) is 2.44. The van der Waals surface area contributed by atoms with Crippen LogP contribution in [0.4, 0.5) is 5.13 Å². The molecular weight excluding hydrogens is 208 g/mol. The minimum absolute atomic E-state index is 0.0174. The van der Waals surface area contributed by atoms with Crippen LogP contribution in [0.25, 0.3) is 0 Å².